The molecule has 2 aromatic rings. The maximum absolute atomic E-state index is 5.73. The lowest BCUT2D eigenvalue weighted by Crippen LogP contribution is -2.23. The Balaban J connectivity index is 1.82. The van der Waals surface area contributed by atoms with E-state index in [0.717, 1.165) is 42.7 Å². The van der Waals surface area contributed by atoms with E-state index in [1.165, 1.54) is 0 Å². The second kappa shape index (κ2) is 6.24. The van der Waals surface area contributed by atoms with Crippen LogP contribution in [0.4, 0.5) is 11.8 Å². The Bertz CT molecular complexity index is 618. The van der Waals surface area contributed by atoms with Crippen molar-refractivity contribution in [2.45, 2.75) is 25.9 Å². The molecule has 0 aliphatic carbocycles. The molecule has 21 heavy (non-hydrogen) atoms. The van der Waals surface area contributed by atoms with Gasteiger partial charge in [0.15, 0.2) is 0 Å². The van der Waals surface area contributed by atoms with Crippen molar-refractivity contribution in [1.82, 2.24) is 9.97 Å². The molecule has 1 aliphatic heterocycles. The molecule has 6 nitrogen and oxygen atoms in total. The summed E-state index contributed by atoms with van der Waals surface area (Å²) in [4.78, 5) is 8.79. The molecular formula is C15H21N5O. The van der Waals surface area contributed by atoms with Gasteiger partial charge in [0.1, 0.15) is 5.82 Å². The fourth-order valence-corrected chi connectivity index (χ4v) is 2.88. The van der Waals surface area contributed by atoms with Gasteiger partial charge in [0.2, 0.25) is 5.95 Å². The van der Waals surface area contributed by atoms with E-state index in [2.05, 4.69) is 27.6 Å². The van der Waals surface area contributed by atoms with Gasteiger partial charge in [-0.1, -0.05) is 19.1 Å². The van der Waals surface area contributed by atoms with Crippen LogP contribution < -0.4 is 16.6 Å². The van der Waals surface area contributed by atoms with Crippen LogP contribution in [0.1, 0.15) is 19.8 Å². The maximum Gasteiger partial charge on any atom is 0.239 e. The van der Waals surface area contributed by atoms with Gasteiger partial charge in [0, 0.05) is 24.5 Å². The average molecular weight is 287 g/mol. The smallest absolute Gasteiger partial charge is 0.239 e. The number of para-hydroxylation sites is 1. The first-order valence-electron chi connectivity index (χ1n) is 7.40. The van der Waals surface area contributed by atoms with E-state index < -0.39 is 0 Å². The summed E-state index contributed by atoms with van der Waals surface area (Å²) in [5.41, 5.74) is 3.39. The highest BCUT2D eigenvalue weighted by atomic mass is 16.5. The number of ether oxygens (including phenoxy) is 1. The largest absolute Gasteiger partial charge is 0.378 e. The maximum atomic E-state index is 5.73. The van der Waals surface area contributed by atoms with E-state index in [-0.39, 0.29) is 0 Å². The number of hydrogen-bond acceptors (Lipinski definition) is 6. The van der Waals surface area contributed by atoms with Gasteiger partial charge >= 0.3 is 0 Å². The highest BCUT2D eigenvalue weighted by Crippen LogP contribution is 2.26. The topological polar surface area (TPSA) is 85.1 Å². The predicted octanol–water partition coefficient (Wildman–Crippen LogP) is 2.14. The molecule has 0 amide bonds. The summed E-state index contributed by atoms with van der Waals surface area (Å²) in [6.07, 6.45) is 2.49. The zero-order valence-electron chi connectivity index (χ0n) is 12.2. The number of hydrogen-bond donors (Lipinski definition) is 3. The third-order valence-corrected chi connectivity index (χ3v) is 4.01. The van der Waals surface area contributed by atoms with Crippen molar-refractivity contribution in [3.63, 3.8) is 0 Å². The van der Waals surface area contributed by atoms with E-state index in [9.17, 15) is 0 Å². The number of anilines is 2. The molecular weight excluding hydrogens is 266 g/mol. The van der Waals surface area contributed by atoms with Gasteiger partial charge in [0.05, 0.1) is 11.6 Å². The zero-order chi connectivity index (χ0) is 14.7. The van der Waals surface area contributed by atoms with E-state index in [0.29, 0.717) is 18.0 Å². The summed E-state index contributed by atoms with van der Waals surface area (Å²) in [6, 6.07) is 7.91. The molecule has 0 saturated carbocycles. The van der Waals surface area contributed by atoms with Crippen LogP contribution in [0, 0.1) is 5.92 Å². The summed E-state index contributed by atoms with van der Waals surface area (Å²) in [6.45, 7) is 3.87. The Hall–Kier alpha value is -1.92. The zero-order valence-corrected chi connectivity index (χ0v) is 12.2. The fourth-order valence-electron chi connectivity index (χ4n) is 2.88. The number of benzene rings is 1. The van der Waals surface area contributed by atoms with Gasteiger partial charge in [-0.2, -0.15) is 4.98 Å². The molecule has 112 valence electrons. The molecule has 0 spiro atoms. The third kappa shape index (κ3) is 2.91. The molecule has 2 unspecified atom stereocenters. The first-order chi connectivity index (χ1) is 10.3. The summed E-state index contributed by atoms with van der Waals surface area (Å²) >= 11 is 0. The van der Waals surface area contributed by atoms with Crippen LogP contribution in [0.3, 0.4) is 0 Å². The van der Waals surface area contributed by atoms with E-state index in [4.69, 9.17) is 10.6 Å². The number of aromatic nitrogens is 2. The molecule has 1 aliphatic rings. The predicted molar refractivity (Wildman–Crippen MR) is 84.0 cm³/mol. The Kier molecular flexibility index (Phi) is 4.17. The van der Waals surface area contributed by atoms with Gasteiger partial charge in [-0.3, -0.25) is 5.43 Å². The highest BCUT2D eigenvalue weighted by molar-refractivity contribution is 5.89. The van der Waals surface area contributed by atoms with Crippen molar-refractivity contribution >= 4 is 22.7 Å². The first-order valence-corrected chi connectivity index (χ1v) is 7.40. The van der Waals surface area contributed by atoms with Gasteiger partial charge in [0.25, 0.3) is 0 Å². The van der Waals surface area contributed by atoms with Crippen molar-refractivity contribution in [2.75, 3.05) is 23.9 Å². The van der Waals surface area contributed by atoms with E-state index in [1.54, 1.807) is 0 Å². The van der Waals surface area contributed by atoms with Crippen molar-refractivity contribution in [3.8, 4) is 0 Å². The molecule has 0 bridgehead atoms. The number of nitrogens with one attached hydrogen (secondary N) is 2. The second-order valence-corrected chi connectivity index (χ2v) is 5.30. The first kappa shape index (κ1) is 14.0. The molecule has 1 fully saturated rings. The molecule has 1 aromatic heterocycles. The van der Waals surface area contributed by atoms with Crippen molar-refractivity contribution in [3.05, 3.63) is 24.3 Å². The summed E-state index contributed by atoms with van der Waals surface area (Å²) in [7, 11) is 0. The number of nitrogens with zero attached hydrogens (tertiary/aromatic N) is 2. The number of hydrazine groups is 1. The lowest BCUT2D eigenvalue weighted by atomic mass is 10.00. The second-order valence-electron chi connectivity index (χ2n) is 5.30. The Morgan fingerprint density at radius 3 is 3.00 bits per heavy atom. The van der Waals surface area contributed by atoms with Gasteiger partial charge in [-0.25, -0.2) is 10.8 Å². The summed E-state index contributed by atoms with van der Waals surface area (Å²) in [5.74, 6) is 7.21. The van der Waals surface area contributed by atoms with Crippen LogP contribution in [0.5, 0.6) is 0 Å². The lowest BCUT2D eigenvalue weighted by molar-refractivity contribution is 0.0900. The minimum absolute atomic E-state index is 0.345. The molecule has 3 rings (SSSR count). The van der Waals surface area contributed by atoms with Crippen LogP contribution in [0.15, 0.2) is 24.3 Å². The van der Waals surface area contributed by atoms with Crippen LogP contribution >= 0.6 is 0 Å². The van der Waals surface area contributed by atoms with Crippen molar-refractivity contribution in [2.24, 2.45) is 11.8 Å². The highest BCUT2D eigenvalue weighted by Gasteiger charge is 2.26. The number of nitrogens with two attached hydrogens (primary N) is 1. The van der Waals surface area contributed by atoms with Crippen molar-refractivity contribution in [1.29, 1.82) is 0 Å². The number of fused-ring (bicyclic) bond motifs is 1. The molecule has 6 heteroatoms. The molecule has 1 saturated heterocycles. The van der Waals surface area contributed by atoms with E-state index in [1.807, 2.05) is 24.3 Å². The Labute approximate surface area is 124 Å². The average Bonchev–Trinajstić information content (AvgIpc) is 2.99. The quantitative estimate of drug-likeness (QED) is 0.577. The number of nitrogen functional groups attached to an aromatic ring is 1. The van der Waals surface area contributed by atoms with Crippen LogP contribution in [-0.2, 0) is 4.74 Å². The number of rotatable bonds is 5. The van der Waals surface area contributed by atoms with Gasteiger partial charge in [-0.05, 0) is 25.0 Å². The normalized spacial score (nSPS) is 21.6. The summed E-state index contributed by atoms with van der Waals surface area (Å²) in [5, 5.41) is 4.45. The minimum atomic E-state index is 0.345. The SMILES string of the molecule is CCC1OCCC1CNc1nc(NN)nc2ccccc12. The lowest BCUT2D eigenvalue weighted by Gasteiger charge is -2.18. The molecule has 2 atom stereocenters. The minimum Gasteiger partial charge on any atom is -0.378 e. The van der Waals surface area contributed by atoms with Crippen LogP contribution in [0.2, 0.25) is 0 Å². The third-order valence-electron chi connectivity index (χ3n) is 4.01. The standard InChI is InChI=1S/C15H21N5O/c1-2-13-10(7-8-21-13)9-17-14-11-5-3-4-6-12(11)18-15(19-14)20-16/h3-6,10,13H,2,7-9,16H2,1H3,(H2,17,18,19,20). The van der Waals surface area contributed by atoms with Crippen LogP contribution in [-0.4, -0.2) is 29.2 Å². The fraction of sp³-hybridized carbons (Fsp3) is 0.467. The summed E-state index contributed by atoms with van der Waals surface area (Å²) < 4.78 is 5.73. The molecule has 0 radical (unpaired) electrons. The monoisotopic (exact) mass is 287 g/mol. The van der Waals surface area contributed by atoms with Crippen molar-refractivity contribution < 1.29 is 4.74 Å². The molecule has 4 N–H and O–H groups in total. The Morgan fingerprint density at radius 1 is 1.33 bits per heavy atom. The van der Waals surface area contributed by atoms with Crippen LogP contribution in [0.25, 0.3) is 10.9 Å². The van der Waals surface area contributed by atoms with Gasteiger partial charge < -0.3 is 10.1 Å². The Morgan fingerprint density at radius 2 is 2.19 bits per heavy atom. The van der Waals surface area contributed by atoms with Gasteiger partial charge in [-0.15, -0.1) is 0 Å². The molecule has 2 heterocycles. The molecule has 1 aromatic carbocycles. The van der Waals surface area contributed by atoms with E-state index >= 15 is 0 Å².